The number of anilines is 1. The average Bonchev–Trinajstić information content (AvgIpc) is 2.89. The lowest BCUT2D eigenvalue weighted by atomic mass is 9.80. The van der Waals surface area contributed by atoms with Crippen molar-refractivity contribution in [1.29, 1.82) is 0 Å². The molecule has 35 heavy (non-hydrogen) atoms. The second kappa shape index (κ2) is 10.0. The third-order valence-corrected chi connectivity index (χ3v) is 7.52. The van der Waals surface area contributed by atoms with E-state index in [0.29, 0.717) is 11.6 Å². The Morgan fingerprint density at radius 1 is 1.03 bits per heavy atom. The van der Waals surface area contributed by atoms with E-state index in [4.69, 9.17) is 9.72 Å². The Hall–Kier alpha value is -2.81. The van der Waals surface area contributed by atoms with Gasteiger partial charge in [-0.05, 0) is 50.8 Å². The maximum atomic E-state index is 12.4. The summed E-state index contributed by atoms with van der Waals surface area (Å²) < 4.78 is 7.45. The van der Waals surface area contributed by atoms with Gasteiger partial charge in [-0.15, -0.1) is 0 Å². The molecule has 1 atom stereocenters. The first-order valence-corrected chi connectivity index (χ1v) is 12.8. The van der Waals surface area contributed by atoms with Crippen LogP contribution in [0.2, 0.25) is 0 Å². The van der Waals surface area contributed by atoms with E-state index in [9.17, 15) is 4.79 Å². The van der Waals surface area contributed by atoms with E-state index in [-0.39, 0.29) is 23.2 Å². The number of pyridine rings is 1. The predicted octanol–water partition coefficient (Wildman–Crippen LogP) is 3.46. The molecule has 3 aromatic rings. The molecule has 8 nitrogen and oxygen atoms in total. The van der Waals surface area contributed by atoms with Gasteiger partial charge in [-0.1, -0.05) is 24.3 Å². The summed E-state index contributed by atoms with van der Waals surface area (Å²) in [6.45, 7) is 11.9. The highest BCUT2D eigenvalue weighted by atomic mass is 16.5. The summed E-state index contributed by atoms with van der Waals surface area (Å²) >= 11 is 0. The molecule has 2 fully saturated rings. The molecule has 0 amide bonds. The number of benzene rings is 1. The molecular formula is C27H36N6O2. The third kappa shape index (κ3) is 4.70. The molecule has 0 spiro atoms. The van der Waals surface area contributed by atoms with Gasteiger partial charge in [-0.3, -0.25) is 14.3 Å². The minimum atomic E-state index is -0.0488. The number of ether oxygens (including phenoxy) is 1. The molecule has 186 valence electrons. The molecule has 0 bridgehead atoms. The van der Waals surface area contributed by atoms with Crippen molar-refractivity contribution < 1.29 is 4.74 Å². The van der Waals surface area contributed by atoms with Crippen LogP contribution in [0.1, 0.15) is 56.8 Å². The summed E-state index contributed by atoms with van der Waals surface area (Å²) in [4.78, 5) is 24.3. The van der Waals surface area contributed by atoms with Crippen LogP contribution < -0.4 is 16.2 Å². The molecule has 2 N–H and O–H groups in total. The van der Waals surface area contributed by atoms with Crippen molar-refractivity contribution in [3.05, 3.63) is 64.1 Å². The molecule has 0 aliphatic carbocycles. The second-order valence-corrected chi connectivity index (χ2v) is 9.98. The fraction of sp³-hybridized carbons (Fsp3) is 0.519. The largest absolute Gasteiger partial charge is 0.381 e. The van der Waals surface area contributed by atoms with Crippen molar-refractivity contribution >= 4 is 17.0 Å². The van der Waals surface area contributed by atoms with Gasteiger partial charge in [-0.25, -0.2) is 4.98 Å². The van der Waals surface area contributed by atoms with E-state index in [1.54, 1.807) is 22.9 Å². The Labute approximate surface area is 206 Å². The number of hydrogen-bond donors (Lipinski definition) is 2. The highest BCUT2D eigenvalue weighted by Crippen LogP contribution is 2.39. The van der Waals surface area contributed by atoms with Gasteiger partial charge in [0.2, 0.25) is 5.95 Å². The Balaban J connectivity index is 1.38. The van der Waals surface area contributed by atoms with Crippen molar-refractivity contribution in [3.8, 4) is 0 Å². The molecule has 8 heteroatoms. The van der Waals surface area contributed by atoms with Crippen molar-refractivity contribution in [2.24, 2.45) is 0 Å². The minimum Gasteiger partial charge on any atom is -0.381 e. The van der Waals surface area contributed by atoms with Crippen LogP contribution >= 0.6 is 0 Å². The van der Waals surface area contributed by atoms with Gasteiger partial charge in [0, 0.05) is 63.1 Å². The van der Waals surface area contributed by atoms with E-state index in [1.807, 2.05) is 13.8 Å². The fourth-order valence-corrected chi connectivity index (χ4v) is 5.56. The first-order valence-electron chi connectivity index (χ1n) is 12.8. The average molecular weight is 477 g/mol. The number of nitrogens with zero attached hydrogens (tertiary/aromatic N) is 4. The highest BCUT2D eigenvalue weighted by Gasteiger charge is 2.40. The van der Waals surface area contributed by atoms with Crippen molar-refractivity contribution in [2.45, 2.75) is 51.2 Å². The quantitative estimate of drug-likeness (QED) is 0.564. The first-order chi connectivity index (χ1) is 17.0. The lowest BCUT2D eigenvalue weighted by molar-refractivity contribution is -0.0373. The van der Waals surface area contributed by atoms with Gasteiger partial charge in [0.15, 0.2) is 0 Å². The number of hydrogen-bond acceptors (Lipinski definition) is 7. The summed E-state index contributed by atoms with van der Waals surface area (Å²) in [5.74, 6) is 0.524. The van der Waals surface area contributed by atoms with E-state index in [2.05, 4.69) is 51.7 Å². The number of nitrogens with one attached hydrogen (secondary N) is 2. The zero-order valence-electron chi connectivity index (χ0n) is 21.0. The zero-order chi connectivity index (χ0) is 24.4. The molecule has 4 heterocycles. The first kappa shape index (κ1) is 23.9. The molecule has 2 aliphatic heterocycles. The van der Waals surface area contributed by atoms with Crippen LogP contribution in [0, 0.1) is 0 Å². The fourth-order valence-electron chi connectivity index (χ4n) is 5.56. The normalized spacial score (nSPS) is 19.7. The standard InChI is InChI=1S/C27H36N6O2/c1-19(2)33-24(34)9-6-22-18-29-26(31-25(22)33)30-20(3)21-4-7-23(8-5-21)27(10-16-35-17-11-27)32-14-12-28-13-15-32/h4-9,18-20,28H,10-17H2,1-3H3,(H,29,30,31)/t20-/m0/s1. The Morgan fingerprint density at radius 3 is 2.43 bits per heavy atom. The van der Waals surface area contributed by atoms with Gasteiger partial charge >= 0.3 is 0 Å². The molecule has 2 aliphatic rings. The number of aromatic nitrogens is 3. The van der Waals surface area contributed by atoms with Crippen LogP contribution in [0.25, 0.3) is 11.0 Å². The van der Waals surface area contributed by atoms with Gasteiger partial charge in [0.05, 0.1) is 11.6 Å². The molecule has 0 radical (unpaired) electrons. The molecule has 5 rings (SSSR count). The van der Waals surface area contributed by atoms with Crippen LogP contribution in [0.4, 0.5) is 5.95 Å². The molecular weight excluding hydrogens is 440 g/mol. The highest BCUT2D eigenvalue weighted by molar-refractivity contribution is 5.75. The van der Waals surface area contributed by atoms with Gasteiger partial charge < -0.3 is 15.4 Å². The van der Waals surface area contributed by atoms with E-state index >= 15 is 0 Å². The molecule has 0 unspecified atom stereocenters. The Kier molecular flexibility index (Phi) is 6.86. The number of fused-ring (bicyclic) bond motifs is 1. The SMILES string of the molecule is CC(C)n1c(=O)ccc2cnc(N[C@@H](C)c3ccc(C4(N5CCNCC5)CCOCC4)cc3)nc21. The Bertz CT molecular complexity index is 1210. The summed E-state index contributed by atoms with van der Waals surface area (Å²) in [5.41, 5.74) is 3.21. The molecule has 2 saturated heterocycles. The maximum Gasteiger partial charge on any atom is 0.252 e. The Morgan fingerprint density at radius 2 is 1.74 bits per heavy atom. The van der Waals surface area contributed by atoms with Crippen LogP contribution in [-0.4, -0.2) is 58.8 Å². The summed E-state index contributed by atoms with van der Waals surface area (Å²) in [7, 11) is 0. The van der Waals surface area contributed by atoms with E-state index in [1.165, 1.54) is 11.1 Å². The van der Waals surface area contributed by atoms with Gasteiger partial charge in [-0.2, -0.15) is 4.98 Å². The van der Waals surface area contributed by atoms with Crippen LogP contribution in [0.5, 0.6) is 0 Å². The summed E-state index contributed by atoms with van der Waals surface area (Å²) in [5, 5.41) is 7.77. The van der Waals surface area contributed by atoms with Gasteiger partial charge in [0.1, 0.15) is 5.65 Å². The lowest BCUT2D eigenvalue weighted by Crippen LogP contribution is -2.56. The smallest absolute Gasteiger partial charge is 0.252 e. The monoisotopic (exact) mass is 476 g/mol. The number of rotatable bonds is 6. The lowest BCUT2D eigenvalue weighted by Gasteiger charge is -2.48. The minimum absolute atomic E-state index is 0.0205. The third-order valence-electron chi connectivity index (χ3n) is 7.52. The zero-order valence-corrected chi connectivity index (χ0v) is 21.0. The van der Waals surface area contributed by atoms with Crippen molar-refractivity contribution in [3.63, 3.8) is 0 Å². The van der Waals surface area contributed by atoms with Crippen LogP contribution in [0.15, 0.2) is 47.4 Å². The van der Waals surface area contributed by atoms with E-state index in [0.717, 1.165) is 57.6 Å². The number of piperazine rings is 1. The van der Waals surface area contributed by atoms with Crippen LogP contribution in [0.3, 0.4) is 0 Å². The second-order valence-electron chi connectivity index (χ2n) is 9.98. The van der Waals surface area contributed by atoms with Crippen LogP contribution in [-0.2, 0) is 10.3 Å². The molecule has 2 aromatic heterocycles. The van der Waals surface area contributed by atoms with Crippen molar-refractivity contribution in [2.75, 3.05) is 44.7 Å². The molecule has 1 aromatic carbocycles. The van der Waals surface area contributed by atoms with Crippen molar-refractivity contribution in [1.82, 2.24) is 24.8 Å². The predicted molar refractivity (Wildman–Crippen MR) is 139 cm³/mol. The van der Waals surface area contributed by atoms with E-state index < -0.39 is 0 Å². The topological polar surface area (TPSA) is 84.3 Å². The summed E-state index contributed by atoms with van der Waals surface area (Å²) in [6.07, 6.45) is 3.84. The molecule has 0 saturated carbocycles. The maximum absolute atomic E-state index is 12.4. The summed E-state index contributed by atoms with van der Waals surface area (Å²) in [6, 6.07) is 12.4. The van der Waals surface area contributed by atoms with Gasteiger partial charge in [0.25, 0.3) is 5.56 Å².